The van der Waals surface area contributed by atoms with Crippen LogP contribution in [0.4, 0.5) is 5.69 Å². The summed E-state index contributed by atoms with van der Waals surface area (Å²) in [4.78, 5) is 30.3. The maximum atomic E-state index is 12.8. The van der Waals surface area contributed by atoms with Gasteiger partial charge < -0.3 is 5.32 Å². The van der Waals surface area contributed by atoms with E-state index in [2.05, 4.69) is 25.2 Å². The second-order valence-electron chi connectivity index (χ2n) is 7.76. The Bertz CT molecular complexity index is 1100. The Kier molecular flexibility index (Phi) is 4.99. The van der Waals surface area contributed by atoms with Crippen LogP contribution in [0.15, 0.2) is 47.3 Å². The van der Waals surface area contributed by atoms with Gasteiger partial charge >= 0.3 is 0 Å². The van der Waals surface area contributed by atoms with Crippen molar-refractivity contribution in [1.82, 2.24) is 9.55 Å². The summed E-state index contributed by atoms with van der Waals surface area (Å²) in [5, 5.41) is 3.53. The lowest BCUT2D eigenvalue weighted by molar-refractivity contribution is 0.102. The van der Waals surface area contributed by atoms with Crippen LogP contribution in [0.3, 0.4) is 0 Å². The highest BCUT2D eigenvalue weighted by Crippen LogP contribution is 2.20. The Labute approximate surface area is 164 Å². The van der Waals surface area contributed by atoms with Crippen LogP contribution in [0.1, 0.15) is 60.8 Å². The van der Waals surface area contributed by atoms with E-state index in [4.69, 9.17) is 4.98 Å². The number of hydrogen-bond acceptors (Lipinski definition) is 3. The molecule has 4 rings (SSSR count). The molecule has 1 aliphatic heterocycles. The highest BCUT2D eigenvalue weighted by molar-refractivity contribution is 6.06. The van der Waals surface area contributed by atoms with E-state index in [1.807, 2.05) is 18.2 Å². The van der Waals surface area contributed by atoms with E-state index in [0.717, 1.165) is 43.7 Å². The van der Waals surface area contributed by atoms with Crippen molar-refractivity contribution < 1.29 is 4.79 Å². The van der Waals surface area contributed by atoms with Crippen molar-refractivity contribution in [2.75, 3.05) is 5.32 Å². The smallest absolute Gasteiger partial charge is 0.261 e. The molecule has 0 atom stereocenters. The third-order valence-electron chi connectivity index (χ3n) is 5.39. The molecule has 2 heterocycles. The zero-order chi connectivity index (χ0) is 19.7. The number of hydrogen-bond donors (Lipinski definition) is 1. The van der Waals surface area contributed by atoms with Gasteiger partial charge in [0.1, 0.15) is 5.82 Å². The fourth-order valence-corrected chi connectivity index (χ4v) is 3.74. The molecule has 0 fully saturated rings. The fourth-order valence-electron chi connectivity index (χ4n) is 3.74. The molecule has 0 saturated carbocycles. The minimum absolute atomic E-state index is 0.00140. The summed E-state index contributed by atoms with van der Waals surface area (Å²) in [5.74, 6) is 1.03. The number of aryl methyl sites for hydroxylation is 1. The molecule has 0 saturated heterocycles. The molecule has 144 valence electrons. The van der Waals surface area contributed by atoms with E-state index in [-0.39, 0.29) is 11.5 Å². The fraction of sp³-hybridized carbons (Fsp3) is 0.348. The molecule has 28 heavy (non-hydrogen) atoms. The van der Waals surface area contributed by atoms with Gasteiger partial charge in [0, 0.05) is 24.2 Å². The van der Waals surface area contributed by atoms with Crippen LogP contribution in [0.5, 0.6) is 0 Å². The maximum Gasteiger partial charge on any atom is 0.261 e. The van der Waals surface area contributed by atoms with E-state index in [9.17, 15) is 9.59 Å². The summed E-state index contributed by atoms with van der Waals surface area (Å²) in [5.41, 5.74) is 3.05. The van der Waals surface area contributed by atoms with Crippen molar-refractivity contribution in [3.05, 3.63) is 69.8 Å². The summed E-state index contributed by atoms with van der Waals surface area (Å²) in [6, 6.07) is 13.0. The third-order valence-corrected chi connectivity index (χ3v) is 5.39. The van der Waals surface area contributed by atoms with Crippen LogP contribution in [-0.2, 0) is 13.0 Å². The molecule has 5 heteroatoms. The van der Waals surface area contributed by atoms with Gasteiger partial charge in [0.2, 0.25) is 0 Å². The Morgan fingerprint density at radius 2 is 1.96 bits per heavy atom. The Morgan fingerprint density at radius 3 is 2.79 bits per heavy atom. The zero-order valence-electron chi connectivity index (χ0n) is 16.4. The standard InChI is InChI=1S/C23H25N3O2/c1-15(2)16-7-6-8-18(13-16)24-22(27)17-10-11-19-20(14-17)25-21-9-4-3-5-12-26(21)23(19)28/h6-8,10-11,13-15H,3-5,9,12H2,1-2H3,(H,24,27). The molecule has 1 aliphatic rings. The number of carbonyl (C=O) groups excluding carboxylic acids is 1. The van der Waals surface area contributed by atoms with Crippen molar-refractivity contribution in [2.24, 2.45) is 0 Å². The largest absolute Gasteiger partial charge is 0.322 e. The molecule has 0 unspecified atom stereocenters. The molecular formula is C23H25N3O2. The molecule has 0 bridgehead atoms. The molecule has 3 aromatic rings. The minimum Gasteiger partial charge on any atom is -0.322 e. The Balaban J connectivity index is 1.66. The quantitative estimate of drug-likeness (QED) is 0.733. The van der Waals surface area contributed by atoms with Crippen LogP contribution >= 0.6 is 0 Å². The number of nitrogens with zero attached hydrogens (tertiary/aromatic N) is 2. The van der Waals surface area contributed by atoms with Crippen molar-refractivity contribution in [2.45, 2.75) is 52.0 Å². The number of aromatic nitrogens is 2. The lowest BCUT2D eigenvalue weighted by Gasteiger charge is -2.12. The van der Waals surface area contributed by atoms with Crippen molar-refractivity contribution >= 4 is 22.5 Å². The first kappa shape index (κ1) is 18.4. The topological polar surface area (TPSA) is 64.0 Å². The number of fused-ring (bicyclic) bond motifs is 2. The number of carbonyl (C=O) groups is 1. The average Bonchev–Trinajstić information content (AvgIpc) is 2.93. The first-order chi connectivity index (χ1) is 13.5. The molecule has 0 aliphatic carbocycles. The van der Waals surface area contributed by atoms with Gasteiger partial charge in [-0.15, -0.1) is 0 Å². The normalized spacial score (nSPS) is 14.0. The highest BCUT2D eigenvalue weighted by Gasteiger charge is 2.15. The predicted octanol–water partition coefficient (Wildman–Crippen LogP) is 4.50. The van der Waals surface area contributed by atoms with Crippen LogP contribution in [0, 0.1) is 0 Å². The molecule has 5 nitrogen and oxygen atoms in total. The van der Waals surface area contributed by atoms with Gasteiger partial charge in [0.05, 0.1) is 10.9 Å². The Morgan fingerprint density at radius 1 is 1.11 bits per heavy atom. The number of nitrogens with one attached hydrogen (secondary N) is 1. The summed E-state index contributed by atoms with van der Waals surface area (Å²) in [6.45, 7) is 4.97. The van der Waals surface area contributed by atoms with Crippen LogP contribution in [-0.4, -0.2) is 15.5 Å². The van der Waals surface area contributed by atoms with Gasteiger partial charge in [-0.2, -0.15) is 0 Å². The average molecular weight is 375 g/mol. The third kappa shape index (κ3) is 3.57. The summed E-state index contributed by atoms with van der Waals surface area (Å²) < 4.78 is 1.80. The SMILES string of the molecule is CC(C)c1cccc(NC(=O)c2ccc3c(=O)n4c(nc3c2)CCCCC4)c1. The van der Waals surface area contributed by atoms with E-state index in [0.29, 0.717) is 22.4 Å². The molecular weight excluding hydrogens is 350 g/mol. The van der Waals surface area contributed by atoms with Crippen LogP contribution < -0.4 is 10.9 Å². The Hall–Kier alpha value is -2.95. The minimum atomic E-state index is -0.195. The predicted molar refractivity (Wildman–Crippen MR) is 112 cm³/mol. The highest BCUT2D eigenvalue weighted by atomic mass is 16.1. The van der Waals surface area contributed by atoms with Crippen molar-refractivity contribution in [3.63, 3.8) is 0 Å². The second-order valence-corrected chi connectivity index (χ2v) is 7.76. The summed E-state index contributed by atoms with van der Waals surface area (Å²) in [7, 11) is 0. The summed E-state index contributed by atoms with van der Waals surface area (Å²) in [6.07, 6.45) is 3.98. The van der Waals surface area contributed by atoms with Crippen molar-refractivity contribution in [3.8, 4) is 0 Å². The molecule has 1 amide bonds. The van der Waals surface area contributed by atoms with E-state index in [1.54, 1.807) is 22.8 Å². The number of amides is 1. The van der Waals surface area contributed by atoms with Gasteiger partial charge in [-0.05, 0) is 54.7 Å². The molecule has 1 aromatic heterocycles. The molecule has 0 radical (unpaired) electrons. The number of rotatable bonds is 3. The first-order valence-electron chi connectivity index (χ1n) is 9.98. The van der Waals surface area contributed by atoms with Gasteiger partial charge in [0.25, 0.3) is 11.5 Å². The van der Waals surface area contributed by atoms with Gasteiger partial charge in [-0.3, -0.25) is 14.2 Å². The van der Waals surface area contributed by atoms with E-state index >= 15 is 0 Å². The number of anilines is 1. The maximum absolute atomic E-state index is 12.8. The molecule has 0 spiro atoms. The molecule has 2 aromatic carbocycles. The summed E-state index contributed by atoms with van der Waals surface area (Å²) >= 11 is 0. The van der Waals surface area contributed by atoms with Crippen LogP contribution in [0.2, 0.25) is 0 Å². The van der Waals surface area contributed by atoms with Crippen molar-refractivity contribution in [1.29, 1.82) is 0 Å². The van der Waals surface area contributed by atoms with Gasteiger partial charge in [-0.1, -0.05) is 32.4 Å². The second kappa shape index (κ2) is 7.58. The van der Waals surface area contributed by atoms with E-state index in [1.165, 1.54) is 5.56 Å². The number of benzene rings is 2. The zero-order valence-corrected chi connectivity index (χ0v) is 16.4. The lowest BCUT2D eigenvalue weighted by Crippen LogP contribution is -2.24. The van der Waals surface area contributed by atoms with E-state index < -0.39 is 0 Å². The van der Waals surface area contributed by atoms with Crippen LogP contribution in [0.25, 0.3) is 10.9 Å². The van der Waals surface area contributed by atoms with Gasteiger partial charge in [-0.25, -0.2) is 4.98 Å². The monoisotopic (exact) mass is 375 g/mol. The lowest BCUT2D eigenvalue weighted by atomic mass is 10.0. The molecule has 1 N–H and O–H groups in total. The van der Waals surface area contributed by atoms with Gasteiger partial charge in [0.15, 0.2) is 0 Å². The first-order valence-corrected chi connectivity index (χ1v) is 9.98.